The number of halogens is 1. The zero-order valence-corrected chi connectivity index (χ0v) is 15.0. The highest BCUT2D eigenvalue weighted by Crippen LogP contribution is 2.38. The standard InChI is InChI=1S/C19H20FNO3S/c1-23-16-8-3-13(11-17(16)24-2)9-10-21-18(22)12-25-19(21)14-4-6-15(20)7-5-14/h3-8,11,19H,9-10,12H2,1-2H3. The lowest BCUT2D eigenvalue weighted by atomic mass is 10.1. The highest BCUT2D eigenvalue weighted by molar-refractivity contribution is 8.00. The monoisotopic (exact) mass is 361 g/mol. The highest BCUT2D eigenvalue weighted by Gasteiger charge is 2.32. The van der Waals surface area contributed by atoms with Crippen LogP contribution in [0.2, 0.25) is 0 Å². The lowest BCUT2D eigenvalue weighted by Gasteiger charge is -2.24. The van der Waals surface area contributed by atoms with Crippen molar-refractivity contribution in [1.82, 2.24) is 4.90 Å². The molecule has 6 heteroatoms. The van der Waals surface area contributed by atoms with Crippen LogP contribution in [0.1, 0.15) is 16.5 Å². The molecule has 0 spiro atoms. The van der Waals surface area contributed by atoms with E-state index in [0.29, 0.717) is 30.2 Å². The number of hydrogen-bond donors (Lipinski definition) is 0. The van der Waals surface area contributed by atoms with Gasteiger partial charge in [-0.2, -0.15) is 0 Å². The van der Waals surface area contributed by atoms with Crippen LogP contribution >= 0.6 is 11.8 Å². The average molecular weight is 361 g/mol. The minimum Gasteiger partial charge on any atom is -0.493 e. The molecule has 25 heavy (non-hydrogen) atoms. The van der Waals surface area contributed by atoms with Crippen LogP contribution in [0, 0.1) is 5.82 Å². The predicted octanol–water partition coefficient (Wildman–Crippen LogP) is 3.66. The quantitative estimate of drug-likeness (QED) is 0.787. The molecule has 4 nitrogen and oxygen atoms in total. The topological polar surface area (TPSA) is 38.8 Å². The smallest absolute Gasteiger partial charge is 0.233 e. The molecule has 132 valence electrons. The number of thioether (sulfide) groups is 1. The number of amides is 1. The Labute approximate surface area is 150 Å². The van der Waals surface area contributed by atoms with Gasteiger partial charge in [0.15, 0.2) is 11.5 Å². The van der Waals surface area contributed by atoms with E-state index in [0.717, 1.165) is 11.1 Å². The largest absolute Gasteiger partial charge is 0.493 e. The molecular weight excluding hydrogens is 341 g/mol. The average Bonchev–Trinajstić information content (AvgIpc) is 3.01. The molecule has 1 heterocycles. The van der Waals surface area contributed by atoms with Crippen molar-refractivity contribution in [2.24, 2.45) is 0 Å². The summed E-state index contributed by atoms with van der Waals surface area (Å²) >= 11 is 1.58. The van der Waals surface area contributed by atoms with Crippen molar-refractivity contribution in [1.29, 1.82) is 0 Å². The molecule has 1 saturated heterocycles. The van der Waals surface area contributed by atoms with Crippen LogP contribution in [-0.2, 0) is 11.2 Å². The summed E-state index contributed by atoms with van der Waals surface area (Å²) in [6.07, 6.45) is 0.713. The molecule has 2 aromatic carbocycles. The van der Waals surface area contributed by atoms with Gasteiger partial charge in [-0.1, -0.05) is 18.2 Å². The first kappa shape index (κ1) is 17.6. The normalized spacial score (nSPS) is 17.0. The molecule has 0 saturated carbocycles. The molecule has 0 N–H and O–H groups in total. The summed E-state index contributed by atoms with van der Waals surface area (Å²) in [5.41, 5.74) is 2.02. The molecule has 0 aliphatic carbocycles. The summed E-state index contributed by atoms with van der Waals surface area (Å²) in [6.45, 7) is 0.601. The van der Waals surface area contributed by atoms with E-state index in [-0.39, 0.29) is 17.1 Å². The molecule has 1 aliphatic rings. The van der Waals surface area contributed by atoms with Crippen LogP contribution in [-0.4, -0.2) is 37.3 Å². The minimum absolute atomic E-state index is 0.0618. The molecular formula is C19H20FNO3S. The summed E-state index contributed by atoms with van der Waals surface area (Å²) in [4.78, 5) is 14.1. The Morgan fingerprint density at radius 2 is 1.84 bits per heavy atom. The lowest BCUT2D eigenvalue weighted by molar-refractivity contribution is -0.128. The van der Waals surface area contributed by atoms with Crippen molar-refractivity contribution in [3.05, 3.63) is 59.4 Å². The lowest BCUT2D eigenvalue weighted by Crippen LogP contribution is -2.30. The number of hydrogen-bond acceptors (Lipinski definition) is 4. The molecule has 0 aromatic heterocycles. The van der Waals surface area contributed by atoms with Gasteiger partial charge in [-0.05, 0) is 41.8 Å². The molecule has 2 aromatic rings. The summed E-state index contributed by atoms with van der Waals surface area (Å²) in [5, 5.41) is -0.0618. The maximum Gasteiger partial charge on any atom is 0.233 e. The minimum atomic E-state index is -0.269. The molecule has 1 fully saturated rings. The third-order valence-electron chi connectivity index (χ3n) is 4.21. The number of methoxy groups -OCH3 is 2. The van der Waals surface area contributed by atoms with Crippen molar-refractivity contribution in [2.75, 3.05) is 26.5 Å². The van der Waals surface area contributed by atoms with Crippen LogP contribution in [0.3, 0.4) is 0 Å². The summed E-state index contributed by atoms with van der Waals surface area (Å²) in [6, 6.07) is 12.1. The molecule has 1 unspecified atom stereocenters. The number of carbonyl (C=O) groups excluding carboxylic acids is 1. The van der Waals surface area contributed by atoms with E-state index in [1.807, 2.05) is 23.1 Å². The van der Waals surface area contributed by atoms with Gasteiger partial charge in [-0.15, -0.1) is 11.8 Å². The second-order valence-corrected chi connectivity index (χ2v) is 6.81. The fourth-order valence-electron chi connectivity index (χ4n) is 2.89. The van der Waals surface area contributed by atoms with E-state index in [2.05, 4.69) is 0 Å². The first-order valence-corrected chi connectivity index (χ1v) is 9.04. The van der Waals surface area contributed by atoms with Gasteiger partial charge < -0.3 is 14.4 Å². The van der Waals surface area contributed by atoms with Crippen LogP contribution in [0.15, 0.2) is 42.5 Å². The Hall–Kier alpha value is -2.21. The number of rotatable bonds is 6. The van der Waals surface area contributed by atoms with E-state index in [9.17, 15) is 9.18 Å². The van der Waals surface area contributed by atoms with Gasteiger partial charge in [0, 0.05) is 6.54 Å². The third kappa shape index (κ3) is 3.90. The third-order valence-corrected chi connectivity index (χ3v) is 5.47. The fraction of sp³-hybridized carbons (Fsp3) is 0.316. The van der Waals surface area contributed by atoms with E-state index in [1.165, 1.54) is 12.1 Å². The van der Waals surface area contributed by atoms with Crippen LogP contribution in [0.4, 0.5) is 4.39 Å². The second-order valence-electron chi connectivity index (χ2n) is 5.74. The van der Waals surface area contributed by atoms with Gasteiger partial charge >= 0.3 is 0 Å². The Morgan fingerprint density at radius 3 is 2.52 bits per heavy atom. The van der Waals surface area contributed by atoms with Crippen LogP contribution < -0.4 is 9.47 Å². The molecule has 1 amide bonds. The van der Waals surface area contributed by atoms with E-state index in [4.69, 9.17) is 9.47 Å². The van der Waals surface area contributed by atoms with Gasteiger partial charge in [0.05, 0.1) is 20.0 Å². The summed E-state index contributed by atoms with van der Waals surface area (Å²) < 4.78 is 23.7. The van der Waals surface area contributed by atoms with Gasteiger partial charge in [0.1, 0.15) is 11.2 Å². The predicted molar refractivity (Wildman–Crippen MR) is 96.6 cm³/mol. The van der Waals surface area contributed by atoms with Gasteiger partial charge in [0.25, 0.3) is 0 Å². The van der Waals surface area contributed by atoms with Crippen molar-refractivity contribution < 1.29 is 18.7 Å². The van der Waals surface area contributed by atoms with E-state index in [1.54, 1.807) is 38.1 Å². The van der Waals surface area contributed by atoms with Crippen molar-refractivity contribution in [3.8, 4) is 11.5 Å². The van der Waals surface area contributed by atoms with Gasteiger partial charge in [-0.3, -0.25) is 4.79 Å². The van der Waals surface area contributed by atoms with Crippen LogP contribution in [0.25, 0.3) is 0 Å². The maximum atomic E-state index is 13.1. The first-order valence-electron chi connectivity index (χ1n) is 8.00. The Balaban J connectivity index is 1.72. The molecule has 0 bridgehead atoms. The summed E-state index contributed by atoms with van der Waals surface area (Å²) in [5.74, 6) is 1.66. The van der Waals surface area contributed by atoms with Gasteiger partial charge in [-0.25, -0.2) is 4.39 Å². The fourth-order valence-corrected chi connectivity index (χ4v) is 4.10. The van der Waals surface area contributed by atoms with Crippen LogP contribution in [0.5, 0.6) is 11.5 Å². The van der Waals surface area contributed by atoms with Gasteiger partial charge in [0.2, 0.25) is 5.91 Å². The van der Waals surface area contributed by atoms with E-state index < -0.39 is 0 Å². The number of ether oxygens (including phenoxy) is 2. The Kier molecular flexibility index (Phi) is 5.48. The zero-order valence-electron chi connectivity index (χ0n) is 14.2. The van der Waals surface area contributed by atoms with Crippen molar-refractivity contribution in [2.45, 2.75) is 11.8 Å². The number of carbonyl (C=O) groups is 1. The molecule has 1 atom stereocenters. The molecule has 0 radical (unpaired) electrons. The SMILES string of the molecule is COc1ccc(CCN2C(=O)CSC2c2ccc(F)cc2)cc1OC. The molecule has 1 aliphatic heterocycles. The van der Waals surface area contributed by atoms with Crippen molar-refractivity contribution >= 4 is 17.7 Å². The zero-order chi connectivity index (χ0) is 17.8. The molecule has 3 rings (SSSR count). The Bertz CT molecular complexity index is 751. The maximum absolute atomic E-state index is 13.1. The number of benzene rings is 2. The highest BCUT2D eigenvalue weighted by atomic mass is 32.2. The second kappa shape index (κ2) is 7.78. The first-order chi connectivity index (χ1) is 12.1. The number of nitrogens with zero attached hydrogens (tertiary/aromatic N) is 1. The van der Waals surface area contributed by atoms with Crippen molar-refractivity contribution in [3.63, 3.8) is 0 Å². The summed E-state index contributed by atoms with van der Waals surface area (Å²) in [7, 11) is 3.21. The Morgan fingerprint density at radius 1 is 1.12 bits per heavy atom. The van der Waals surface area contributed by atoms with E-state index >= 15 is 0 Å².